The number of rotatable bonds is 6. The summed E-state index contributed by atoms with van der Waals surface area (Å²) in [6.07, 6.45) is 0.751. The first-order valence-electron chi connectivity index (χ1n) is 7.28. The van der Waals surface area contributed by atoms with Crippen LogP contribution in [0, 0.1) is 12.7 Å². The number of nitrogens with zero attached hydrogens (tertiary/aromatic N) is 1. The Morgan fingerprint density at radius 3 is 2.54 bits per heavy atom. The second-order valence-electron chi connectivity index (χ2n) is 5.37. The van der Waals surface area contributed by atoms with Crippen molar-refractivity contribution in [2.75, 3.05) is 39.3 Å². The molecular formula is C14H23BrCl2FN3O2S. The number of hydrogen-bond donors (Lipinski definition) is 2. The Bertz CT molecular complexity index is 629. The van der Waals surface area contributed by atoms with Crippen molar-refractivity contribution in [2.24, 2.45) is 0 Å². The van der Waals surface area contributed by atoms with Gasteiger partial charge in [0, 0.05) is 32.7 Å². The molecule has 0 unspecified atom stereocenters. The predicted molar refractivity (Wildman–Crippen MR) is 102 cm³/mol. The van der Waals surface area contributed by atoms with Crippen LogP contribution in [0.5, 0.6) is 0 Å². The van der Waals surface area contributed by atoms with Gasteiger partial charge < -0.3 is 10.2 Å². The molecule has 0 spiro atoms. The van der Waals surface area contributed by atoms with E-state index in [9.17, 15) is 12.8 Å². The van der Waals surface area contributed by atoms with Crippen molar-refractivity contribution >= 4 is 50.8 Å². The summed E-state index contributed by atoms with van der Waals surface area (Å²) in [5.41, 5.74) is 0.398. The number of hydrogen-bond acceptors (Lipinski definition) is 4. The molecule has 1 aliphatic heterocycles. The third kappa shape index (κ3) is 6.74. The Morgan fingerprint density at radius 2 is 1.92 bits per heavy atom. The lowest BCUT2D eigenvalue weighted by atomic mass is 10.2. The van der Waals surface area contributed by atoms with Crippen LogP contribution in [-0.2, 0) is 10.0 Å². The van der Waals surface area contributed by atoms with Gasteiger partial charge >= 0.3 is 0 Å². The quantitative estimate of drug-likeness (QED) is 0.631. The van der Waals surface area contributed by atoms with Gasteiger partial charge in [-0.15, -0.1) is 24.8 Å². The van der Waals surface area contributed by atoms with Gasteiger partial charge in [0.15, 0.2) is 0 Å². The Morgan fingerprint density at radius 1 is 1.29 bits per heavy atom. The lowest BCUT2D eigenvalue weighted by Gasteiger charge is -2.27. The Balaban J connectivity index is 0.00000264. The maximum atomic E-state index is 13.4. The van der Waals surface area contributed by atoms with Crippen molar-refractivity contribution in [3.63, 3.8) is 0 Å². The summed E-state index contributed by atoms with van der Waals surface area (Å²) in [4.78, 5) is 2.42. The summed E-state index contributed by atoms with van der Waals surface area (Å²) in [6.45, 7) is 6.79. The number of aryl methyl sites for hydroxylation is 1. The van der Waals surface area contributed by atoms with E-state index in [1.165, 1.54) is 12.1 Å². The van der Waals surface area contributed by atoms with E-state index in [1.807, 2.05) is 0 Å². The van der Waals surface area contributed by atoms with Crippen LogP contribution in [0.3, 0.4) is 0 Å². The smallest absolute Gasteiger partial charge is 0.240 e. The molecule has 0 aromatic heterocycles. The SMILES string of the molecule is Cc1cc(F)c(Br)cc1S(=O)(=O)NCCCN1CCNCC1.Cl.Cl. The molecule has 1 heterocycles. The van der Waals surface area contributed by atoms with E-state index in [4.69, 9.17) is 0 Å². The van der Waals surface area contributed by atoms with Crippen LogP contribution in [0.4, 0.5) is 4.39 Å². The molecule has 140 valence electrons. The Hall–Kier alpha value is 0.0400. The highest BCUT2D eigenvalue weighted by molar-refractivity contribution is 9.10. The monoisotopic (exact) mass is 465 g/mol. The number of benzene rings is 1. The second-order valence-corrected chi connectivity index (χ2v) is 7.96. The summed E-state index contributed by atoms with van der Waals surface area (Å²) >= 11 is 3.03. The van der Waals surface area contributed by atoms with Gasteiger partial charge in [-0.1, -0.05) is 0 Å². The van der Waals surface area contributed by atoms with Gasteiger partial charge in [0.2, 0.25) is 10.0 Å². The lowest BCUT2D eigenvalue weighted by Crippen LogP contribution is -2.44. The zero-order valence-corrected chi connectivity index (χ0v) is 17.4. The topological polar surface area (TPSA) is 61.4 Å². The van der Waals surface area contributed by atoms with Crippen molar-refractivity contribution in [1.29, 1.82) is 0 Å². The van der Waals surface area contributed by atoms with E-state index in [1.54, 1.807) is 6.92 Å². The van der Waals surface area contributed by atoms with E-state index in [2.05, 4.69) is 30.9 Å². The van der Waals surface area contributed by atoms with Crippen molar-refractivity contribution in [3.05, 3.63) is 28.0 Å². The molecular weight excluding hydrogens is 444 g/mol. The molecule has 1 saturated heterocycles. The van der Waals surface area contributed by atoms with Crippen LogP contribution in [0.15, 0.2) is 21.5 Å². The van der Waals surface area contributed by atoms with Gasteiger partial charge in [-0.05, 0) is 53.5 Å². The standard InChI is InChI=1S/C14H21BrFN3O2S.2ClH/c1-11-9-13(16)12(15)10-14(11)22(20,21)18-3-2-6-19-7-4-17-5-8-19;;/h9-10,17-18H,2-8H2,1H3;2*1H. The fraction of sp³-hybridized carbons (Fsp3) is 0.571. The van der Waals surface area contributed by atoms with Crippen molar-refractivity contribution in [1.82, 2.24) is 14.9 Å². The molecule has 1 fully saturated rings. The highest BCUT2D eigenvalue weighted by atomic mass is 79.9. The van der Waals surface area contributed by atoms with E-state index < -0.39 is 15.8 Å². The third-order valence-corrected chi connectivity index (χ3v) is 5.87. The summed E-state index contributed by atoms with van der Waals surface area (Å²) in [6, 6.07) is 2.53. The minimum Gasteiger partial charge on any atom is -0.314 e. The number of sulfonamides is 1. The highest BCUT2D eigenvalue weighted by Crippen LogP contribution is 2.23. The van der Waals surface area contributed by atoms with Gasteiger partial charge in [0.25, 0.3) is 0 Å². The molecule has 1 aliphatic rings. The molecule has 2 N–H and O–H groups in total. The number of nitrogens with one attached hydrogen (secondary N) is 2. The minimum absolute atomic E-state index is 0. The van der Waals surface area contributed by atoms with Gasteiger partial charge in [0.1, 0.15) is 5.82 Å². The summed E-state index contributed by atoms with van der Waals surface area (Å²) < 4.78 is 40.7. The first-order valence-corrected chi connectivity index (χ1v) is 9.56. The van der Waals surface area contributed by atoms with Crippen LogP contribution in [0.25, 0.3) is 0 Å². The average Bonchev–Trinajstić information content (AvgIpc) is 2.48. The molecule has 0 atom stereocenters. The van der Waals surface area contributed by atoms with Crippen molar-refractivity contribution in [2.45, 2.75) is 18.2 Å². The molecule has 0 amide bonds. The minimum atomic E-state index is -3.61. The summed E-state index contributed by atoms with van der Waals surface area (Å²) in [7, 11) is -3.61. The molecule has 10 heteroatoms. The molecule has 1 aromatic rings. The van der Waals surface area contributed by atoms with Crippen LogP contribution in [0.2, 0.25) is 0 Å². The van der Waals surface area contributed by atoms with Crippen molar-refractivity contribution in [3.8, 4) is 0 Å². The third-order valence-electron chi connectivity index (χ3n) is 3.66. The van der Waals surface area contributed by atoms with Gasteiger partial charge in [-0.2, -0.15) is 0 Å². The van der Waals surface area contributed by atoms with E-state index in [0.717, 1.165) is 39.1 Å². The predicted octanol–water partition coefficient (Wildman–Crippen LogP) is 2.31. The molecule has 24 heavy (non-hydrogen) atoms. The zero-order valence-electron chi connectivity index (χ0n) is 13.3. The van der Waals surface area contributed by atoms with E-state index >= 15 is 0 Å². The van der Waals surface area contributed by atoms with Crippen molar-refractivity contribution < 1.29 is 12.8 Å². The van der Waals surface area contributed by atoms with E-state index in [0.29, 0.717) is 12.1 Å². The Labute approximate surface area is 163 Å². The van der Waals surface area contributed by atoms with Crippen LogP contribution in [0.1, 0.15) is 12.0 Å². The normalized spacial score (nSPS) is 15.5. The summed E-state index contributed by atoms with van der Waals surface area (Å²) in [5, 5.41) is 3.28. The largest absolute Gasteiger partial charge is 0.314 e. The lowest BCUT2D eigenvalue weighted by molar-refractivity contribution is 0.239. The maximum absolute atomic E-state index is 13.4. The average molecular weight is 467 g/mol. The van der Waals surface area contributed by atoms with Crippen LogP contribution < -0.4 is 10.0 Å². The second kappa shape index (κ2) is 10.9. The Kier molecular flexibility index (Phi) is 10.9. The van der Waals surface area contributed by atoms with Gasteiger partial charge in [-0.25, -0.2) is 17.5 Å². The van der Waals surface area contributed by atoms with Crippen LogP contribution >= 0.6 is 40.7 Å². The fourth-order valence-electron chi connectivity index (χ4n) is 2.44. The van der Waals surface area contributed by atoms with Gasteiger partial charge in [0.05, 0.1) is 9.37 Å². The van der Waals surface area contributed by atoms with Crippen LogP contribution in [-0.4, -0.2) is 52.6 Å². The zero-order chi connectivity index (χ0) is 16.2. The summed E-state index contributed by atoms with van der Waals surface area (Å²) in [5.74, 6) is -0.463. The molecule has 2 rings (SSSR count). The molecule has 0 radical (unpaired) electrons. The molecule has 0 bridgehead atoms. The fourth-order valence-corrected chi connectivity index (χ4v) is 4.26. The first kappa shape index (κ1) is 24.0. The molecule has 0 saturated carbocycles. The molecule has 1 aromatic carbocycles. The molecule has 5 nitrogen and oxygen atoms in total. The number of halogens is 4. The van der Waals surface area contributed by atoms with E-state index in [-0.39, 0.29) is 34.2 Å². The maximum Gasteiger partial charge on any atom is 0.240 e. The first-order chi connectivity index (χ1) is 10.4. The highest BCUT2D eigenvalue weighted by Gasteiger charge is 2.18. The molecule has 0 aliphatic carbocycles. The number of piperazine rings is 1. The van der Waals surface area contributed by atoms with Gasteiger partial charge in [-0.3, -0.25) is 0 Å².